The second-order valence-corrected chi connectivity index (χ2v) is 5.96. The molecule has 0 saturated heterocycles. The maximum Gasteiger partial charge on any atom is 0.255 e. The highest BCUT2D eigenvalue weighted by Crippen LogP contribution is 2.15. The number of benzene rings is 2. The Morgan fingerprint density at radius 1 is 0.875 bits per heavy atom. The van der Waals surface area contributed by atoms with Crippen LogP contribution in [-0.4, -0.2) is 12.5 Å². The lowest BCUT2D eigenvalue weighted by Crippen LogP contribution is -2.11. The summed E-state index contributed by atoms with van der Waals surface area (Å²) in [5, 5.41) is 2.87. The molecule has 0 aliphatic heterocycles. The Bertz CT molecular complexity index is 593. The Morgan fingerprint density at radius 2 is 1.54 bits per heavy atom. The van der Waals surface area contributed by atoms with E-state index < -0.39 is 0 Å². The van der Waals surface area contributed by atoms with Crippen LogP contribution in [-0.2, 0) is 0 Å². The van der Waals surface area contributed by atoms with Crippen LogP contribution in [0.2, 0.25) is 0 Å². The molecule has 1 amide bonds. The van der Waals surface area contributed by atoms with Gasteiger partial charge in [0, 0.05) is 11.3 Å². The van der Waals surface area contributed by atoms with E-state index in [2.05, 4.69) is 12.2 Å². The van der Waals surface area contributed by atoms with Crippen LogP contribution < -0.4 is 10.1 Å². The minimum Gasteiger partial charge on any atom is -0.494 e. The monoisotopic (exact) mass is 325 g/mol. The zero-order valence-corrected chi connectivity index (χ0v) is 14.5. The van der Waals surface area contributed by atoms with Crippen LogP contribution in [0.3, 0.4) is 0 Å². The Balaban J connectivity index is 1.71. The normalized spacial score (nSPS) is 10.4. The van der Waals surface area contributed by atoms with Crippen LogP contribution >= 0.6 is 0 Å². The largest absolute Gasteiger partial charge is 0.494 e. The maximum atomic E-state index is 12.2. The van der Waals surface area contributed by atoms with Crippen molar-refractivity contribution in [1.82, 2.24) is 0 Å². The predicted octanol–water partition coefficient (Wildman–Crippen LogP) is 5.68. The molecule has 0 heterocycles. The van der Waals surface area contributed by atoms with Crippen molar-refractivity contribution < 1.29 is 9.53 Å². The number of rotatable bonds is 10. The number of unbranched alkanes of at least 4 members (excludes halogenated alkanes) is 5. The van der Waals surface area contributed by atoms with E-state index in [0.717, 1.165) is 24.5 Å². The number of nitrogens with one attached hydrogen (secondary N) is 1. The third-order valence-electron chi connectivity index (χ3n) is 3.91. The van der Waals surface area contributed by atoms with Crippen molar-refractivity contribution in [2.75, 3.05) is 11.9 Å². The highest BCUT2D eigenvalue weighted by atomic mass is 16.5. The fourth-order valence-corrected chi connectivity index (χ4v) is 2.50. The predicted molar refractivity (Wildman–Crippen MR) is 99.7 cm³/mol. The number of carbonyl (C=O) groups excluding carboxylic acids is 1. The number of amides is 1. The van der Waals surface area contributed by atoms with Crippen LogP contribution in [0.1, 0.15) is 55.8 Å². The molecule has 1 N–H and O–H groups in total. The number of carbonyl (C=O) groups is 1. The smallest absolute Gasteiger partial charge is 0.255 e. The van der Waals surface area contributed by atoms with E-state index in [1.165, 1.54) is 32.1 Å². The first-order chi connectivity index (χ1) is 11.8. The van der Waals surface area contributed by atoms with Crippen LogP contribution in [0.15, 0.2) is 54.6 Å². The van der Waals surface area contributed by atoms with E-state index in [4.69, 9.17) is 4.74 Å². The minimum atomic E-state index is -0.108. The van der Waals surface area contributed by atoms with Gasteiger partial charge in [-0.2, -0.15) is 0 Å². The lowest BCUT2D eigenvalue weighted by Gasteiger charge is -2.08. The Morgan fingerprint density at radius 3 is 2.25 bits per heavy atom. The molecule has 0 aromatic heterocycles. The molecule has 0 atom stereocenters. The molecule has 0 radical (unpaired) electrons. The Hall–Kier alpha value is -2.29. The van der Waals surface area contributed by atoms with Crippen LogP contribution in [0.25, 0.3) is 0 Å². The van der Waals surface area contributed by atoms with E-state index >= 15 is 0 Å². The van der Waals surface area contributed by atoms with Gasteiger partial charge in [0.25, 0.3) is 5.91 Å². The molecule has 0 aliphatic rings. The van der Waals surface area contributed by atoms with Gasteiger partial charge in [0.05, 0.1) is 6.61 Å². The van der Waals surface area contributed by atoms with Crippen LogP contribution in [0.4, 0.5) is 5.69 Å². The van der Waals surface area contributed by atoms with Gasteiger partial charge in [-0.1, -0.05) is 57.2 Å². The van der Waals surface area contributed by atoms with Gasteiger partial charge in [0.15, 0.2) is 0 Å². The molecular formula is C21H27NO2. The molecule has 0 spiro atoms. The number of ether oxygens (including phenoxy) is 1. The topological polar surface area (TPSA) is 38.3 Å². The lowest BCUT2D eigenvalue weighted by molar-refractivity contribution is 0.102. The van der Waals surface area contributed by atoms with Crippen molar-refractivity contribution >= 4 is 11.6 Å². The maximum absolute atomic E-state index is 12.2. The quantitative estimate of drug-likeness (QED) is 0.571. The number of hydrogen-bond acceptors (Lipinski definition) is 2. The number of hydrogen-bond donors (Lipinski definition) is 1. The summed E-state index contributed by atoms with van der Waals surface area (Å²) in [7, 11) is 0. The minimum absolute atomic E-state index is 0.108. The summed E-state index contributed by atoms with van der Waals surface area (Å²) in [5.74, 6) is 0.712. The average molecular weight is 325 g/mol. The van der Waals surface area contributed by atoms with Crippen molar-refractivity contribution in [3.63, 3.8) is 0 Å². The molecule has 0 fully saturated rings. The van der Waals surface area contributed by atoms with Gasteiger partial charge in [-0.25, -0.2) is 0 Å². The second-order valence-electron chi connectivity index (χ2n) is 5.96. The summed E-state index contributed by atoms with van der Waals surface area (Å²) in [5.41, 5.74) is 1.43. The summed E-state index contributed by atoms with van der Waals surface area (Å²) < 4.78 is 5.73. The van der Waals surface area contributed by atoms with E-state index in [0.29, 0.717) is 5.56 Å². The molecule has 128 valence electrons. The van der Waals surface area contributed by atoms with E-state index in [1.807, 2.05) is 42.5 Å². The number of para-hydroxylation sites is 1. The number of anilines is 1. The third kappa shape index (κ3) is 6.45. The molecule has 0 saturated carbocycles. The molecule has 2 aromatic carbocycles. The third-order valence-corrected chi connectivity index (χ3v) is 3.91. The fourth-order valence-electron chi connectivity index (χ4n) is 2.50. The molecule has 24 heavy (non-hydrogen) atoms. The summed E-state index contributed by atoms with van der Waals surface area (Å²) in [6, 6.07) is 16.8. The van der Waals surface area contributed by atoms with Crippen molar-refractivity contribution in [3.8, 4) is 5.75 Å². The van der Waals surface area contributed by atoms with Crippen molar-refractivity contribution in [2.45, 2.75) is 45.4 Å². The molecular weight excluding hydrogens is 298 g/mol. The average Bonchev–Trinajstić information content (AvgIpc) is 2.62. The van der Waals surface area contributed by atoms with Gasteiger partial charge in [-0.3, -0.25) is 4.79 Å². The molecule has 0 aliphatic carbocycles. The summed E-state index contributed by atoms with van der Waals surface area (Å²) in [4.78, 5) is 12.2. The highest BCUT2D eigenvalue weighted by molar-refractivity contribution is 6.04. The van der Waals surface area contributed by atoms with Gasteiger partial charge in [-0.15, -0.1) is 0 Å². The van der Waals surface area contributed by atoms with Gasteiger partial charge in [0.2, 0.25) is 0 Å². The van der Waals surface area contributed by atoms with Crippen LogP contribution in [0, 0.1) is 0 Å². The van der Waals surface area contributed by atoms with Gasteiger partial charge < -0.3 is 10.1 Å². The Kier molecular flexibility index (Phi) is 7.88. The molecule has 2 aromatic rings. The first-order valence-electron chi connectivity index (χ1n) is 8.89. The standard InChI is InChI=1S/C21H27NO2/c1-2-3-4-5-6-10-17-24-20-15-13-18(14-16-20)21(23)22-19-11-8-7-9-12-19/h7-9,11-16H,2-6,10,17H2,1H3,(H,22,23). The van der Waals surface area contributed by atoms with Gasteiger partial charge >= 0.3 is 0 Å². The molecule has 3 nitrogen and oxygen atoms in total. The van der Waals surface area contributed by atoms with Gasteiger partial charge in [-0.05, 0) is 42.8 Å². The molecule has 2 rings (SSSR count). The Labute approximate surface area is 145 Å². The van der Waals surface area contributed by atoms with Crippen molar-refractivity contribution in [2.24, 2.45) is 0 Å². The van der Waals surface area contributed by atoms with E-state index in [1.54, 1.807) is 12.1 Å². The fraction of sp³-hybridized carbons (Fsp3) is 0.381. The zero-order valence-electron chi connectivity index (χ0n) is 14.5. The molecule has 3 heteroatoms. The van der Waals surface area contributed by atoms with Crippen LogP contribution in [0.5, 0.6) is 5.75 Å². The summed E-state index contributed by atoms with van der Waals surface area (Å²) in [6.45, 7) is 2.97. The van der Waals surface area contributed by atoms with E-state index in [9.17, 15) is 4.79 Å². The van der Waals surface area contributed by atoms with Gasteiger partial charge in [0.1, 0.15) is 5.75 Å². The van der Waals surface area contributed by atoms with Crippen molar-refractivity contribution in [3.05, 3.63) is 60.2 Å². The zero-order chi connectivity index (χ0) is 17.0. The van der Waals surface area contributed by atoms with Crippen molar-refractivity contribution in [1.29, 1.82) is 0 Å². The molecule has 0 unspecified atom stereocenters. The summed E-state index contributed by atoms with van der Waals surface area (Å²) in [6.07, 6.45) is 7.52. The first-order valence-corrected chi connectivity index (χ1v) is 8.89. The molecule has 0 bridgehead atoms. The lowest BCUT2D eigenvalue weighted by atomic mass is 10.1. The van der Waals surface area contributed by atoms with E-state index in [-0.39, 0.29) is 5.91 Å². The highest BCUT2D eigenvalue weighted by Gasteiger charge is 2.06. The SMILES string of the molecule is CCCCCCCCOc1ccc(C(=O)Nc2ccccc2)cc1. The summed E-state index contributed by atoms with van der Waals surface area (Å²) >= 11 is 0. The first kappa shape index (κ1) is 18.1. The second kappa shape index (κ2) is 10.5.